The molecule has 0 saturated heterocycles. The number of H-pyrrole nitrogens is 1. The smallest absolute Gasteiger partial charge is 0.251 e. The number of amides is 1. The van der Waals surface area contributed by atoms with Crippen LogP contribution in [0.5, 0.6) is 0 Å². The topological polar surface area (TPSA) is 61.0 Å². The first-order valence-electron chi connectivity index (χ1n) is 6.68. The zero-order valence-electron chi connectivity index (χ0n) is 11.4. The number of likely N-dealkylation sites (N-methyl/N-ethyl adjacent to an activating group) is 1. The Morgan fingerprint density at radius 1 is 1.37 bits per heavy atom. The van der Waals surface area contributed by atoms with E-state index in [0.717, 1.165) is 30.5 Å². The van der Waals surface area contributed by atoms with Crippen molar-refractivity contribution < 1.29 is 4.79 Å². The van der Waals surface area contributed by atoms with Gasteiger partial charge in [0.2, 0.25) is 0 Å². The Kier molecular flexibility index (Phi) is 4.52. The fraction of sp³-hybridized carbons (Fsp3) is 0.429. The molecule has 0 aliphatic rings. The lowest BCUT2D eigenvalue weighted by Crippen LogP contribution is -2.34. The lowest BCUT2D eigenvalue weighted by molar-refractivity contribution is 0.0949. The van der Waals surface area contributed by atoms with Crippen LogP contribution in [0.4, 0.5) is 0 Å². The van der Waals surface area contributed by atoms with Crippen molar-refractivity contribution in [3.8, 4) is 0 Å². The van der Waals surface area contributed by atoms with E-state index in [4.69, 9.17) is 0 Å². The van der Waals surface area contributed by atoms with Crippen molar-refractivity contribution in [1.82, 2.24) is 20.4 Å². The average Bonchev–Trinajstić information content (AvgIpc) is 2.90. The van der Waals surface area contributed by atoms with Crippen LogP contribution in [0.2, 0.25) is 0 Å². The first-order chi connectivity index (χ1) is 9.24. The number of aromatic amines is 1. The highest BCUT2D eigenvalue weighted by molar-refractivity contribution is 5.97. The number of fused-ring (bicyclic) bond motifs is 1. The highest BCUT2D eigenvalue weighted by Gasteiger charge is 2.07. The van der Waals surface area contributed by atoms with Crippen molar-refractivity contribution in [2.75, 3.05) is 26.2 Å². The van der Waals surface area contributed by atoms with Gasteiger partial charge in [-0.25, -0.2) is 0 Å². The summed E-state index contributed by atoms with van der Waals surface area (Å²) < 4.78 is 0. The molecule has 2 rings (SSSR count). The fourth-order valence-corrected chi connectivity index (χ4v) is 2.05. The summed E-state index contributed by atoms with van der Waals surface area (Å²) in [5, 5.41) is 10.8. The van der Waals surface area contributed by atoms with Crippen molar-refractivity contribution in [3.05, 3.63) is 30.0 Å². The third kappa shape index (κ3) is 3.32. The lowest BCUT2D eigenvalue weighted by atomic mass is 10.1. The van der Waals surface area contributed by atoms with Crippen LogP contribution in [0.25, 0.3) is 10.9 Å². The van der Waals surface area contributed by atoms with E-state index in [2.05, 4.69) is 34.3 Å². The van der Waals surface area contributed by atoms with Crippen molar-refractivity contribution in [2.45, 2.75) is 13.8 Å². The van der Waals surface area contributed by atoms with E-state index in [-0.39, 0.29) is 5.91 Å². The second-order valence-corrected chi connectivity index (χ2v) is 4.45. The summed E-state index contributed by atoms with van der Waals surface area (Å²) in [7, 11) is 0. The van der Waals surface area contributed by atoms with E-state index in [9.17, 15) is 4.79 Å². The average molecular weight is 260 g/mol. The molecule has 5 nitrogen and oxygen atoms in total. The molecule has 0 bridgehead atoms. The van der Waals surface area contributed by atoms with Crippen LogP contribution >= 0.6 is 0 Å². The molecule has 5 heteroatoms. The summed E-state index contributed by atoms with van der Waals surface area (Å²) in [5.41, 5.74) is 1.55. The van der Waals surface area contributed by atoms with Crippen molar-refractivity contribution in [2.24, 2.45) is 0 Å². The summed E-state index contributed by atoms with van der Waals surface area (Å²) in [5.74, 6) is -0.0383. The van der Waals surface area contributed by atoms with Crippen LogP contribution in [0.1, 0.15) is 24.2 Å². The van der Waals surface area contributed by atoms with Crippen LogP contribution in [-0.4, -0.2) is 47.2 Å². The Hall–Kier alpha value is -1.88. The fourth-order valence-electron chi connectivity index (χ4n) is 2.05. The number of benzene rings is 1. The Labute approximate surface area is 113 Å². The van der Waals surface area contributed by atoms with Gasteiger partial charge < -0.3 is 10.2 Å². The molecule has 1 aromatic carbocycles. The van der Waals surface area contributed by atoms with Crippen molar-refractivity contribution >= 4 is 16.8 Å². The molecule has 19 heavy (non-hydrogen) atoms. The summed E-state index contributed by atoms with van der Waals surface area (Å²) in [4.78, 5) is 14.3. The number of carbonyl (C=O) groups excluding carboxylic acids is 1. The van der Waals surface area contributed by atoms with Gasteiger partial charge in [0.1, 0.15) is 0 Å². The number of hydrogen-bond acceptors (Lipinski definition) is 3. The molecule has 1 amide bonds. The third-order valence-electron chi connectivity index (χ3n) is 3.31. The predicted molar refractivity (Wildman–Crippen MR) is 76.2 cm³/mol. The molecule has 0 radical (unpaired) electrons. The van der Waals surface area contributed by atoms with Gasteiger partial charge in [-0.15, -0.1) is 0 Å². The molecule has 2 aromatic rings. The minimum Gasteiger partial charge on any atom is -0.351 e. The molecule has 0 aliphatic carbocycles. The molecule has 0 aliphatic heterocycles. The minimum absolute atomic E-state index is 0.0383. The highest BCUT2D eigenvalue weighted by atomic mass is 16.1. The number of nitrogens with zero attached hydrogens (tertiary/aromatic N) is 2. The van der Waals surface area contributed by atoms with Crippen LogP contribution in [-0.2, 0) is 0 Å². The summed E-state index contributed by atoms with van der Waals surface area (Å²) >= 11 is 0. The van der Waals surface area contributed by atoms with Crippen LogP contribution in [0.15, 0.2) is 24.4 Å². The Bertz CT molecular complexity index is 545. The molecule has 1 aromatic heterocycles. The maximum Gasteiger partial charge on any atom is 0.251 e. The molecule has 0 fully saturated rings. The molecule has 0 saturated carbocycles. The maximum absolute atomic E-state index is 12.0. The maximum atomic E-state index is 12.0. The van der Waals surface area contributed by atoms with Gasteiger partial charge in [-0.05, 0) is 25.2 Å². The molecular weight excluding hydrogens is 240 g/mol. The number of hydrogen-bond donors (Lipinski definition) is 2. The van der Waals surface area contributed by atoms with Gasteiger partial charge in [-0.2, -0.15) is 5.10 Å². The summed E-state index contributed by atoms with van der Waals surface area (Å²) in [6.45, 7) is 7.81. The molecule has 102 valence electrons. The number of carbonyl (C=O) groups is 1. The van der Waals surface area contributed by atoms with Crippen molar-refractivity contribution in [3.63, 3.8) is 0 Å². The summed E-state index contributed by atoms with van der Waals surface area (Å²) in [6.07, 6.45) is 1.75. The van der Waals surface area contributed by atoms with Gasteiger partial charge in [0, 0.05) is 24.0 Å². The second-order valence-electron chi connectivity index (χ2n) is 4.45. The van der Waals surface area contributed by atoms with Gasteiger partial charge in [-0.1, -0.05) is 19.9 Å². The van der Waals surface area contributed by atoms with Gasteiger partial charge in [0.15, 0.2) is 0 Å². The Morgan fingerprint density at radius 3 is 2.89 bits per heavy atom. The van der Waals surface area contributed by atoms with E-state index in [1.54, 1.807) is 6.20 Å². The van der Waals surface area contributed by atoms with E-state index >= 15 is 0 Å². The van der Waals surface area contributed by atoms with Gasteiger partial charge in [0.05, 0.1) is 11.7 Å². The van der Waals surface area contributed by atoms with E-state index in [1.807, 2.05) is 18.2 Å². The van der Waals surface area contributed by atoms with E-state index in [1.165, 1.54) is 0 Å². The third-order valence-corrected chi connectivity index (χ3v) is 3.31. The van der Waals surface area contributed by atoms with Crippen LogP contribution < -0.4 is 5.32 Å². The molecule has 0 atom stereocenters. The lowest BCUT2D eigenvalue weighted by Gasteiger charge is -2.17. The highest BCUT2D eigenvalue weighted by Crippen LogP contribution is 2.12. The van der Waals surface area contributed by atoms with Gasteiger partial charge in [0.25, 0.3) is 5.91 Å². The Balaban J connectivity index is 1.92. The van der Waals surface area contributed by atoms with Crippen LogP contribution in [0, 0.1) is 0 Å². The number of nitrogens with one attached hydrogen (secondary N) is 2. The quantitative estimate of drug-likeness (QED) is 0.830. The number of rotatable bonds is 6. The largest absolute Gasteiger partial charge is 0.351 e. The first-order valence-corrected chi connectivity index (χ1v) is 6.68. The predicted octanol–water partition coefficient (Wildman–Crippen LogP) is 1.63. The molecule has 0 spiro atoms. The molecule has 2 N–H and O–H groups in total. The zero-order chi connectivity index (χ0) is 13.7. The van der Waals surface area contributed by atoms with Crippen LogP contribution in [0.3, 0.4) is 0 Å². The standard InChI is InChI=1S/C14H20N4O/c1-3-18(4-2)8-7-15-14(19)11-5-6-12-10-16-17-13(12)9-11/h5-6,9-10H,3-4,7-8H2,1-2H3,(H,15,19)(H,16,17). The van der Waals surface area contributed by atoms with Crippen molar-refractivity contribution in [1.29, 1.82) is 0 Å². The normalized spacial score (nSPS) is 11.1. The SMILES string of the molecule is CCN(CC)CCNC(=O)c1ccc2cn[nH]c2c1. The molecule has 0 unspecified atom stereocenters. The second kappa shape index (κ2) is 6.33. The van der Waals surface area contributed by atoms with E-state index in [0.29, 0.717) is 12.1 Å². The zero-order valence-corrected chi connectivity index (χ0v) is 11.4. The monoisotopic (exact) mass is 260 g/mol. The minimum atomic E-state index is -0.0383. The molecular formula is C14H20N4O. The van der Waals surface area contributed by atoms with E-state index < -0.39 is 0 Å². The van der Waals surface area contributed by atoms with Gasteiger partial charge >= 0.3 is 0 Å². The first kappa shape index (κ1) is 13.5. The Morgan fingerprint density at radius 2 is 2.16 bits per heavy atom. The number of aromatic nitrogens is 2. The molecule has 1 heterocycles. The summed E-state index contributed by atoms with van der Waals surface area (Å²) in [6, 6.07) is 5.55. The van der Waals surface area contributed by atoms with Gasteiger partial charge in [-0.3, -0.25) is 9.89 Å².